The minimum absolute atomic E-state index is 0.105. The highest BCUT2D eigenvalue weighted by Crippen LogP contribution is 2.40. The maximum Gasteiger partial charge on any atom is 0.239 e. The molecule has 0 saturated heterocycles. The van der Waals surface area contributed by atoms with Gasteiger partial charge in [-0.2, -0.15) is 5.10 Å². The van der Waals surface area contributed by atoms with E-state index in [0.717, 1.165) is 25.9 Å². The SMILES string of the molecule is CCCN(CCO)CCCOc1cc2ncnc(N(c3cccc(F)c3)c3ccn(CC(N)=O)n3)c2cc1OC. The molecule has 2 aromatic carbocycles. The first-order valence-corrected chi connectivity index (χ1v) is 13.1. The Kier molecular flexibility index (Phi) is 9.81. The molecule has 3 N–H and O–H groups in total. The van der Waals surface area contributed by atoms with Crippen molar-refractivity contribution in [3.05, 3.63) is 60.8 Å². The number of nitrogens with two attached hydrogens (primary N) is 1. The molecule has 0 spiro atoms. The summed E-state index contributed by atoms with van der Waals surface area (Å²) in [5.74, 6) is 0.898. The van der Waals surface area contributed by atoms with E-state index in [1.807, 2.05) is 0 Å². The van der Waals surface area contributed by atoms with Crippen LogP contribution in [0.4, 0.5) is 21.7 Å². The van der Waals surface area contributed by atoms with E-state index in [-0.39, 0.29) is 13.2 Å². The number of amides is 1. The topological polar surface area (TPSA) is 132 Å². The fraction of sp³-hybridized carbons (Fsp3) is 0.357. The van der Waals surface area contributed by atoms with Gasteiger partial charge in [0, 0.05) is 36.8 Å². The minimum atomic E-state index is -0.539. The number of anilines is 3. The summed E-state index contributed by atoms with van der Waals surface area (Å²) in [4.78, 5) is 24.3. The number of aromatic nitrogens is 4. The van der Waals surface area contributed by atoms with Gasteiger partial charge >= 0.3 is 0 Å². The van der Waals surface area contributed by atoms with Gasteiger partial charge in [-0.25, -0.2) is 14.4 Å². The molecule has 4 rings (SSSR count). The van der Waals surface area contributed by atoms with Crippen molar-refractivity contribution in [2.24, 2.45) is 5.73 Å². The summed E-state index contributed by atoms with van der Waals surface area (Å²) in [6.45, 7) is 4.95. The van der Waals surface area contributed by atoms with Gasteiger partial charge in [0.1, 0.15) is 24.5 Å². The van der Waals surface area contributed by atoms with Gasteiger partial charge in [-0.05, 0) is 43.7 Å². The van der Waals surface area contributed by atoms with E-state index in [0.29, 0.717) is 52.9 Å². The lowest BCUT2D eigenvalue weighted by Crippen LogP contribution is -2.29. The lowest BCUT2D eigenvalue weighted by atomic mass is 10.1. The molecule has 0 bridgehead atoms. The molecule has 0 fully saturated rings. The number of carbonyl (C=O) groups excluding carboxylic acids is 1. The highest BCUT2D eigenvalue weighted by atomic mass is 19.1. The van der Waals surface area contributed by atoms with Crippen LogP contribution < -0.4 is 20.1 Å². The van der Waals surface area contributed by atoms with Crippen LogP contribution in [0.3, 0.4) is 0 Å². The maximum atomic E-state index is 14.3. The number of methoxy groups -OCH3 is 1. The van der Waals surface area contributed by atoms with Crippen LogP contribution in [0.25, 0.3) is 10.9 Å². The molecular weight excluding hydrogens is 517 g/mol. The average Bonchev–Trinajstić information content (AvgIpc) is 3.38. The summed E-state index contributed by atoms with van der Waals surface area (Å²) in [6.07, 6.45) is 4.82. The van der Waals surface area contributed by atoms with Gasteiger partial charge in [-0.1, -0.05) is 13.0 Å². The second-order valence-corrected chi connectivity index (χ2v) is 9.14. The number of fused-ring (bicyclic) bond motifs is 1. The smallest absolute Gasteiger partial charge is 0.239 e. The molecule has 0 aliphatic carbocycles. The average molecular weight is 552 g/mol. The molecule has 40 heavy (non-hydrogen) atoms. The van der Waals surface area contributed by atoms with Gasteiger partial charge in [0.15, 0.2) is 17.3 Å². The van der Waals surface area contributed by atoms with Crippen molar-refractivity contribution >= 4 is 34.1 Å². The van der Waals surface area contributed by atoms with Crippen LogP contribution in [-0.2, 0) is 11.3 Å². The lowest BCUT2D eigenvalue weighted by molar-refractivity contribution is -0.118. The van der Waals surface area contributed by atoms with E-state index < -0.39 is 11.7 Å². The third-order valence-electron chi connectivity index (χ3n) is 6.18. The number of aliphatic hydroxyl groups excluding tert-OH is 1. The standard InChI is InChI=1S/C28H34FN7O4/c1-3-9-34(12-13-37)10-5-14-40-25-17-23-22(16-24(25)39-2)28(32-19-31-23)36(21-7-4-6-20(29)15-21)27-8-11-35(33-27)18-26(30)38/h4,6-8,11,15-17,19,37H,3,5,9-10,12-14,18H2,1-2H3,(H2,30,38). The zero-order valence-corrected chi connectivity index (χ0v) is 22.7. The van der Waals surface area contributed by atoms with E-state index >= 15 is 0 Å². The fourth-order valence-corrected chi connectivity index (χ4v) is 4.46. The monoisotopic (exact) mass is 551 g/mol. The van der Waals surface area contributed by atoms with Crippen molar-refractivity contribution in [1.82, 2.24) is 24.6 Å². The summed E-state index contributed by atoms with van der Waals surface area (Å²) in [5, 5.41) is 14.4. The molecule has 0 aliphatic rings. The number of rotatable bonds is 15. The minimum Gasteiger partial charge on any atom is -0.493 e. The van der Waals surface area contributed by atoms with Gasteiger partial charge in [0.25, 0.3) is 0 Å². The van der Waals surface area contributed by atoms with Gasteiger partial charge in [0.2, 0.25) is 5.91 Å². The first-order chi connectivity index (χ1) is 19.4. The third-order valence-corrected chi connectivity index (χ3v) is 6.18. The van der Waals surface area contributed by atoms with Crippen LogP contribution in [0.5, 0.6) is 11.5 Å². The Hall–Kier alpha value is -4.29. The maximum absolute atomic E-state index is 14.3. The van der Waals surface area contributed by atoms with Crippen molar-refractivity contribution in [3.8, 4) is 11.5 Å². The second-order valence-electron chi connectivity index (χ2n) is 9.14. The summed E-state index contributed by atoms with van der Waals surface area (Å²) < 4.78 is 27.4. The van der Waals surface area contributed by atoms with Gasteiger partial charge in [-0.3, -0.25) is 14.4 Å². The summed E-state index contributed by atoms with van der Waals surface area (Å²) in [5.41, 5.74) is 6.40. The Morgan fingerprint density at radius 3 is 2.70 bits per heavy atom. The summed E-state index contributed by atoms with van der Waals surface area (Å²) in [7, 11) is 1.55. The quantitative estimate of drug-likeness (QED) is 0.213. The number of aliphatic hydroxyl groups is 1. The Bertz CT molecular complexity index is 1430. The Morgan fingerprint density at radius 2 is 1.98 bits per heavy atom. The zero-order valence-electron chi connectivity index (χ0n) is 22.7. The number of benzene rings is 2. The van der Waals surface area contributed by atoms with Gasteiger partial charge < -0.3 is 25.2 Å². The van der Waals surface area contributed by atoms with Crippen molar-refractivity contribution in [2.45, 2.75) is 26.3 Å². The Morgan fingerprint density at radius 1 is 1.12 bits per heavy atom. The van der Waals surface area contributed by atoms with Crippen LogP contribution >= 0.6 is 0 Å². The molecule has 2 aromatic heterocycles. The zero-order chi connectivity index (χ0) is 28.5. The molecule has 0 radical (unpaired) electrons. The highest BCUT2D eigenvalue weighted by molar-refractivity contribution is 5.96. The molecule has 11 nitrogen and oxygen atoms in total. The molecule has 12 heteroatoms. The van der Waals surface area contributed by atoms with Crippen molar-refractivity contribution < 1.29 is 23.8 Å². The molecule has 0 saturated carbocycles. The third kappa shape index (κ3) is 7.01. The molecule has 0 atom stereocenters. The predicted molar refractivity (Wildman–Crippen MR) is 150 cm³/mol. The molecule has 0 aliphatic heterocycles. The van der Waals surface area contributed by atoms with E-state index in [4.69, 9.17) is 15.2 Å². The van der Waals surface area contributed by atoms with E-state index in [2.05, 4.69) is 26.9 Å². The molecule has 212 valence electrons. The Labute approximate surface area is 231 Å². The second kappa shape index (κ2) is 13.7. The molecule has 0 unspecified atom stereocenters. The number of nitrogens with zero attached hydrogens (tertiary/aromatic N) is 6. The molecular formula is C28H34FN7O4. The number of hydrogen-bond acceptors (Lipinski definition) is 9. The van der Waals surface area contributed by atoms with Gasteiger partial charge in [0.05, 0.1) is 31.5 Å². The number of hydrogen-bond donors (Lipinski definition) is 2. The van der Waals surface area contributed by atoms with Gasteiger partial charge in [-0.15, -0.1) is 0 Å². The van der Waals surface area contributed by atoms with Crippen LogP contribution in [0.2, 0.25) is 0 Å². The van der Waals surface area contributed by atoms with Crippen LogP contribution in [0, 0.1) is 5.82 Å². The predicted octanol–water partition coefficient (Wildman–Crippen LogP) is 3.40. The lowest BCUT2D eigenvalue weighted by Gasteiger charge is -2.23. The summed E-state index contributed by atoms with van der Waals surface area (Å²) >= 11 is 0. The highest BCUT2D eigenvalue weighted by Gasteiger charge is 2.22. The number of halogens is 1. The largest absolute Gasteiger partial charge is 0.493 e. The van der Waals surface area contributed by atoms with E-state index in [1.54, 1.807) is 48.5 Å². The first kappa shape index (κ1) is 28.7. The van der Waals surface area contributed by atoms with Crippen LogP contribution in [-0.4, -0.2) is 75.6 Å². The van der Waals surface area contributed by atoms with Crippen molar-refractivity contribution in [1.29, 1.82) is 0 Å². The van der Waals surface area contributed by atoms with E-state index in [9.17, 15) is 14.3 Å². The van der Waals surface area contributed by atoms with Crippen LogP contribution in [0.1, 0.15) is 19.8 Å². The normalized spacial score (nSPS) is 11.2. The fourth-order valence-electron chi connectivity index (χ4n) is 4.46. The number of primary amides is 1. The molecule has 4 aromatic rings. The molecule has 1 amide bonds. The first-order valence-electron chi connectivity index (χ1n) is 13.1. The van der Waals surface area contributed by atoms with E-state index in [1.165, 1.54) is 23.1 Å². The Balaban J connectivity index is 1.67. The summed E-state index contributed by atoms with van der Waals surface area (Å²) in [6, 6.07) is 11.3. The number of carbonyl (C=O) groups is 1. The molecule has 2 heterocycles. The van der Waals surface area contributed by atoms with Crippen molar-refractivity contribution in [3.63, 3.8) is 0 Å². The van der Waals surface area contributed by atoms with Crippen LogP contribution in [0.15, 0.2) is 55.0 Å². The van der Waals surface area contributed by atoms with Crippen molar-refractivity contribution in [2.75, 3.05) is 44.9 Å². The number of ether oxygens (including phenoxy) is 2.